The van der Waals surface area contributed by atoms with Gasteiger partial charge in [0.05, 0.1) is 19.8 Å². The van der Waals surface area contributed by atoms with Gasteiger partial charge in [0.25, 0.3) is 0 Å². The SMILES string of the molecule is CC=CCOCc1c(CNC(C)(C)C)oc2ccccc12. The van der Waals surface area contributed by atoms with Gasteiger partial charge < -0.3 is 14.5 Å². The molecule has 0 amide bonds. The number of rotatable bonds is 6. The summed E-state index contributed by atoms with van der Waals surface area (Å²) in [4.78, 5) is 0. The Labute approximate surface area is 127 Å². The van der Waals surface area contributed by atoms with Gasteiger partial charge in [-0.15, -0.1) is 0 Å². The molecule has 1 aromatic carbocycles. The zero-order valence-corrected chi connectivity index (χ0v) is 13.4. The van der Waals surface area contributed by atoms with Crippen LogP contribution in [-0.2, 0) is 17.9 Å². The molecule has 0 saturated heterocycles. The van der Waals surface area contributed by atoms with E-state index in [-0.39, 0.29) is 5.54 Å². The highest BCUT2D eigenvalue weighted by Gasteiger charge is 2.16. The quantitative estimate of drug-likeness (QED) is 0.631. The van der Waals surface area contributed by atoms with Crippen molar-refractivity contribution in [2.75, 3.05) is 6.61 Å². The van der Waals surface area contributed by atoms with E-state index in [0.717, 1.165) is 22.3 Å². The van der Waals surface area contributed by atoms with Crippen molar-refractivity contribution in [3.63, 3.8) is 0 Å². The van der Waals surface area contributed by atoms with Crippen LogP contribution in [0.15, 0.2) is 40.8 Å². The van der Waals surface area contributed by atoms with Crippen LogP contribution in [0, 0.1) is 0 Å². The number of allylic oxidation sites excluding steroid dienone is 1. The first-order valence-electron chi connectivity index (χ1n) is 7.44. The summed E-state index contributed by atoms with van der Waals surface area (Å²) in [7, 11) is 0. The lowest BCUT2D eigenvalue weighted by Crippen LogP contribution is -2.35. The molecule has 0 spiro atoms. The maximum atomic E-state index is 5.99. The molecule has 0 saturated carbocycles. The second-order valence-corrected chi connectivity index (χ2v) is 6.19. The monoisotopic (exact) mass is 287 g/mol. The van der Waals surface area contributed by atoms with E-state index in [2.05, 4.69) is 32.2 Å². The smallest absolute Gasteiger partial charge is 0.134 e. The fourth-order valence-corrected chi connectivity index (χ4v) is 2.12. The summed E-state index contributed by atoms with van der Waals surface area (Å²) in [5, 5.41) is 4.62. The van der Waals surface area contributed by atoms with E-state index in [1.807, 2.05) is 37.3 Å². The normalized spacial score (nSPS) is 12.6. The molecule has 1 aromatic heterocycles. The zero-order valence-electron chi connectivity index (χ0n) is 13.4. The van der Waals surface area contributed by atoms with Crippen molar-refractivity contribution in [1.29, 1.82) is 0 Å². The van der Waals surface area contributed by atoms with Crippen LogP contribution in [-0.4, -0.2) is 12.1 Å². The van der Waals surface area contributed by atoms with Gasteiger partial charge in [-0.3, -0.25) is 0 Å². The Morgan fingerprint density at radius 3 is 2.71 bits per heavy atom. The summed E-state index contributed by atoms with van der Waals surface area (Å²) >= 11 is 0. The minimum atomic E-state index is 0.0576. The summed E-state index contributed by atoms with van der Waals surface area (Å²) in [6.07, 6.45) is 4.00. The number of hydrogen-bond acceptors (Lipinski definition) is 3. The molecule has 1 N–H and O–H groups in total. The van der Waals surface area contributed by atoms with Crippen LogP contribution in [0.3, 0.4) is 0 Å². The molecule has 0 radical (unpaired) electrons. The third-order valence-corrected chi connectivity index (χ3v) is 3.26. The maximum absolute atomic E-state index is 5.99. The van der Waals surface area contributed by atoms with E-state index in [9.17, 15) is 0 Å². The number of benzene rings is 1. The molecule has 1 heterocycles. The van der Waals surface area contributed by atoms with Gasteiger partial charge in [0, 0.05) is 16.5 Å². The molecule has 0 unspecified atom stereocenters. The molecule has 0 aliphatic carbocycles. The Kier molecular flexibility index (Phi) is 5.21. The van der Waals surface area contributed by atoms with E-state index >= 15 is 0 Å². The second-order valence-electron chi connectivity index (χ2n) is 6.19. The van der Waals surface area contributed by atoms with Crippen LogP contribution in [0.5, 0.6) is 0 Å². The first-order chi connectivity index (χ1) is 10.0. The Hall–Kier alpha value is -1.58. The number of nitrogens with one attached hydrogen (secondary N) is 1. The molecule has 0 aliphatic heterocycles. The molecule has 3 nitrogen and oxygen atoms in total. The molecule has 0 fully saturated rings. The van der Waals surface area contributed by atoms with Crippen molar-refractivity contribution in [3.8, 4) is 0 Å². The standard InChI is InChI=1S/C18H25NO2/c1-5-6-11-20-13-15-14-9-7-8-10-16(14)21-17(15)12-19-18(2,3)4/h5-10,19H,11-13H2,1-4H3. The minimum Gasteiger partial charge on any atom is -0.459 e. The lowest BCUT2D eigenvalue weighted by Gasteiger charge is -2.20. The van der Waals surface area contributed by atoms with Crippen molar-refractivity contribution in [3.05, 3.63) is 47.7 Å². The van der Waals surface area contributed by atoms with Crippen molar-refractivity contribution < 1.29 is 9.15 Å². The van der Waals surface area contributed by atoms with Crippen molar-refractivity contribution in [1.82, 2.24) is 5.32 Å². The molecule has 0 aliphatic rings. The van der Waals surface area contributed by atoms with Crippen molar-refractivity contribution >= 4 is 11.0 Å². The minimum absolute atomic E-state index is 0.0576. The van der Waals surface area contributed by atoms with Gasteiger partial charge in [-0.1, -0.05) is 30.4 Å². The lowest BCUT2D eigenvalue weighted by molar-refractivity contribution is 0.147. The number of furan rings is 1. The first-order valence-corrected chi connectivity index (χ1v) is 7.44. The van der Waals surface area contributed by atoms with Crippen molar-refractivity contribution in [2.45, 2.75) is 46.4 Å². The highest BCUT2D eigenvalue weighted by atomic mass is 16.5. The summed E-state index contributed by atoms with van der Waals surface area (Å²) in [5.74, 6) is 0.964. The molecule has 0 bridgehead atoms. The average Bonchev–Trinajstić information content (AvgIpc) is 2.79. The van der Waals surface area contributed by atoms with Crippen LogP contribution in [0.4, 0.5) is 0 Å². The third-order valence-electron chi connectivity index (χ3n) is 3.26. The van der Waals surface area contributed by atoms with Gasteiger partial charge in [0.15, 0.2) is 0 Å². The van der Waals surface area contributed by atoms with Gasteiger partial charge in [0.1, 0.15) is 11.3 Å². The van der Waals surface area contributed by atoms with E-state index in [4.69, 9.17) is 9.15 Å². The average molecular weight is 287 g/mol. The van der Waals surface area contributed by atoms with E-state index in [1.54, 1.807) is 0 Å². The largest absolute Gasteiger partial charge is 0.459 e. The predicted octanol–water partition coefficient (Wildman–Crippen LogP) is 4.41. The van der Waals surface area contributed by atoms with Crippen LogP contribution in [0.1, 0.15) is 39.0 Å². The Balaban J connectivity index is 2.21. The lowest BCUT2D eigenvalue weighted by atomic mass is 10.1. The zero-order chi connectivity index (χ0) is 15.3. The molecule has 3 heteroatoms. The fourth-order valence-electron chi connectivity index (χ4n) is 2.12. The topological polar surface area (TPSA) is 34.4 Å². The van der Waals surface area contributed by atoms with E-state index in [0.29, 0.717) is 19.8 Å². The van der Waals surface area contributed by atoms with Gasteiger partial charge >= 0.3 is 0 Å². The number of hydrogen-bond donors (Lipinski definition) is 1. The molecule has 114 valence electrons. The molecule has 21 heavy (non-hydrogen) atoms. The summed E-state index contributed by atoms with van der Waals surface area (Å²) in [6, 6.07) is 8.13. The Morgan fingerprint density at radius 2 is 2.00 bits per heavy atom. The Bertz CT molecular complexity index is 605. The molecular weight excluding hydrogens is 262 g/mol. The molecule has 2 rings (SSSR count). The Morgan fingerprint density at radius 1 is 1.24 bits per heavy atom. The second kappa shape index (κ2) is 6.92. The van der Waals surface area contributed by atoms with E-state index in [1.165, 1.54) is 0 Å². The van der Waals surface area contributed by atoms with Crippen LogP contribution in [0.25, 0.3) is 11.0 Å². The first kappa shape index (κ1) is 15.8. The van der Waals surface area contributed by atoms with Gasteiger partial charge in [-0.2, -0.15) is 0 Å². The summed E-state index contributed by atoms with van der Waals surface area (Å²) < 4.78 is 11.7. The molecule has 2 aromatic rings. The highest BCUT2D eigenvalue weighted by Crippen LogP contribution is 2.27. The molecule has 0 atom stereocenters. The number of fused-ring (bicyclic) bond motifs is 1. The fraction of sp³-hybridized carbons (Fsp3) is 0.444. The highest BCUT2D eigenvalue weighted by molar-refractivity contribution is 5.82. The maximum Gasteiger partial charge on any atom is 0.134 e. The van der Waals surface area contributed by atoms with Gasteiger partial charge in [-0.05, 0) is 33.8 Å². The summed E-state index contributed by atoms with van der Waals surface area (Å²) in [5.41, 5.74) is 2.13. The predicted molar refractivity (Wildman–Crippen MR) is 87.3 cm³/mol. The van der Waals surface area contributed by atoms with Crippen LogP contribution in [0.2, 0.25) is 0 Å². The molecular formula is C18H25NO2. The van der Waals surface area contributed by atoms with Crippen LogP contribution < -0.4 is 5.32 Å². The van der Waals surface area contributed by atoms with Gasteiger partial charge in [0.2, 0.25) is 0 Å². The number of ether oxygens (including phenoxy) is 1. The third kappa shape index (κ3) is 4.45. The summed E-state index contributed by atoms with van der Waals surface area (Å²) in [6.45, 7) is 10.4. The van der Waals surface area contributed by atoms with Crippen LogP contribution >= 0.6 is 0 Å². The van der Waals surface area contributed by atoms with Crippen molar-refractivity contribution in [2.24, 2.45) is 0 Å². The van der Waals surface area contributed by atoms with E-state index < -0.39 is 0 Å². The number of para-hydroxylation sites is 1. The van der Waals surface area contributed by atoms with Gasteiger partial charge in [-0.25, -0.2) is 0 Å².